The van der Waals surface area contributed by atoms with Gasteiger partial charge in [-0.3, -0.25) is 4.90 Å². The smallest absolute Gasteiger partial charge is 0.126 e. The number of aliphatic hydroxyl groups excluding tert-OH is 1. The molecule has 0 amide bonds. The molecule has 0 spiro atoms. The number of hydrogen-bond acceptors (Lipinski definition) is 3. The fourth-order valence-electron chi connectivity index (χ4n) is 2.51. The number of nitrogens with zero attached hydrogens (tertiary/aromatic N) is 1. The molecule has 0 radical (unpaired) electrons. The highest BCUT2D eigenvalue weighted by Gasteiger charge is 2.22. The average molecular weight is 267 g/mol. The normalized spacial score (nSPS) is 19.3. The Bertz CT molecular complexity index is 389. The molecule has 1 aromatic carbocycles. The zero-order chi connectivity index (χ0) is 13.7. The van der Waals surface area contributed by atoms with E-state index >= 15 is 0 Å². The summed E-state index contributed by atoms with van der Waals surface area (Å²) in [7, 11) is 0. The van der Waals surface area contributed by atoms with Crippen LogP contribution in [0.2, 0.25) is 0 Å². The molecule has 0 aromatic heterocycles. The van der Waals surface area contributed by atoms with Gasteiger partial charge in [-0.1, -0.05) is 6.07 Å². The molecule has 19 heavy (non-hydrogen) atoms. The molecule has 3 nitrogen and oxygen atoms in total. The molecule has 0 saturated carbocycles. The van der Waals surface area contributed by atoms with Crippen molar-refractivity contribution in [1.29, 1.82) is 0 Å². The third kappa shape index (κ3) is 4.48. The van der Waals surface area contributed by atoms with Crippen LogP contribution in [0.1, 0.15) is 19.8 Å². The van der Waals surface area contributed by atoms with Gasteiger partial charge in [-0.25, -0.2) is 4.39 Å². The minimum atomic E-state index is -0.268. The highest BCUT2D eigenvalue weighted by Crippen LogP contribution is 2.20. The lowest BCUT2D eigenvalue weighted by Gasteiger charge is -2.33. The van der Waals surface area contributed by atoms with Crippen LogP contribution in [0.4, 0.5) is 4.39 Å². The fourth-order valence-corrected chi connectivity index (χ4v) is 2.51. The van der Waals surface area contributed by atoms with Crippen LogP contribution in [0, 0.1) is 11.7 Å². The van der Waals surface area contributed by atoms with E-state index in [0.717, 1.165) is 32.5 Å². The van der Waals surface area contributed by atoms with Crippen LogP contribution in [-0.2, 0) is 0 Å². The maximum absolute atomic E-state index is 13.0. The topological polar surface area (TPSA) is 32.7 Å². The fraction of sp³-hybridized carbons (Fsp3) is 0.600. The number of hydrogen-bond donors (Lipinski definition) is 1. The Morgan fingerprint density at radius 3 is 2.79 bits per heavy atom. The van der Waals surface area contributed by atoms with E-state index < -0.39 is 0 Å². The van der Waals surface area contributed by atoms with E-state index in [1.54, 1.807) is 12.1 Å². The number of halogens is 1. The van der Waals surface area contributed by atoms with Crippen molar-refractivity contribution in [2.45, 2.75) is 25.9 Å². The molecule has 2 rings (SSSR count). The first-order valence-corrected chi connectivity index (χ1v) is 6.94. The van der Waals surface area contributed by atoms with Crippen LogP contribution in [0.5, 0.6) is 5.75 Å². The molecule has 0 bridgehead atoms. The largest absolute Gasteiger partial charge is 0.492 e. The van der Waals surface area contributed by atoms with Gasteiger partial charge in [0.2, 0.25) is 0 Å². The van der Waals surface area contributed by atoms with Gasteiger partial charge < -0.3 is 9.84 Å². The number of likely N-dealkylation sites (tertiary alicyclic amines) is 1. The van der Waals surface area contributed by atoms with Crippen molar-refractivity contribution in [3.8, 4) is 5.75 Å². The van der Waals surface area contributed by atoms with Gasteiger partial charge in [0, 0.05) is 12.6 Å². The summed E-state index contributed by atoms with van der Waals surface area (Å²) < 4.78 is 18.5. The van der Waals surface area contributed by atoms with Crippen LogP contribution >= 0.6 is 0 Å². The molecule has 1 heterocycles. The molecule has 0 aliphatic carbocycles. The van der Waals surface area contributed by atoms with Crippen LogP contribution in [-0.4, -0.2) is 42.4 Å². The molecule has 4 heteroatoms. The Balaban J connectivity index is 1.67. The molecular formula is C15H22FNO2. The summed E-state index contributed by atoms with van der Waals surface area (Å²) in [6, 6.07) is 6.23. The van der Waals surface area contributed by atoms with Gasteiger partial charge in [-0.15, -0.1) is 0 Å². The Labute approximate surface area is 114 Å². The molecule has 1 unspecified atom stereocenters. The number of aliphatic hydroxyl groups is 1. The number of ether oxygens (including phenoxy) is 1. The van der Waals surface area contributed by atoms with E-state index in [0.29, 0.717) is 18.3 Å². The zero-order valence-electron chi connectivity index (χ0n) is 11.4. The third-order valence-corrected chi connectivity index (χ3v) is 3.79. The van der Waals surface area contributed by atoms with Crippen molar-refractivity contribution in [3.63, 3.8) is 0 Å². The van der Waals surface area contributed by atoms with Crippen LogP contribution in [0.3, 0.4) is 0 Å². The van der Waals surface area contributed by atoms with E-state index in [2.05, 4.69) is 4.90 Å². The number of rotatable bonds is 5. The number of piperidine rings is 1. The monoisotopic (exact) mass is 267 g/mol. The second-order valence-electron chi connectivity index (χ2n) is 5.23. The molecule has 1 N–H and O–H groups in total. The Morgan fingerprint density at radius 2 is 2.16 bits per heavy atom. The number of benzene rings is 1. The SMILES string of the molecule is CC(O)C1CCN(CCOc2cccc(F)c2)CC1. The molecule has 1 fully saturated rings. The second kappa shape index (κ2) is 6.87. The minimum absolute atomic E-state index is 0.203. The highest BCUT2D eigenvalue weighted by molar-refractivity contribution is 5.22. The zero-order valence-corrected chi connectivity index (χ0v) is 11.4. The first-order chi connectivity index (χ1) is 9.15. The van der Waals surface area contributed by atoms with E-state index in [9.17, 15) is 9.50 Å². The Morgan fingerprint density at radius 1 is 1.42 bits per heavy atom. The lowest BCUT2D eigenvalue weighted by Crippen LogP contribution is -2.39. The second-order valence-corrected chi connectivity index (χ2v) is 5.23. The predicted octanol–water partition coefficient (Wildman–Crippen LogP) is 2.30. The summed E-state index contributed by atoms with van der Waals surface area (Å²) in [6.45, 7) is 5.30. The molecule has 1 aliphatic heterocycles. The van der Waals surface area contributed by atoms with Crippen LogP contribution in [0.25, 0.3) is 0 Å². The maximum atomic E-state index is 13.0. The van der Waals surface area contributed by atoms with E-state index in [1.807, 2.05) is 6.92 Å². The van der Waals surface area contributed by atoms with Gasteiger partial charge in [-0.2, -0.15) is 0 Å². The van der Waals surface area contributed by atoms with Gasteiger partial charge in [-0.05, 0) is 50.9 Å². The summed E-state index contributed by atoms with van der Waals surface area (Å²) in [6.07, 6.45) is 1.88. The van der Waals surface area contributed by atoms with Crippen molar-refractivity contribution >= 4 is 0 Å². The molecular weight excluding hydrogens is 245 g/mol. The first-order valence-electron chi connectivity index (χ1n) is 6.94. The summed E-state index contributed by atoms with van der Waals surface area (Å²) in [5.74, 6) is 0.745. The minimum Gasteiger partial charge on any atom is -0.492 e. The average Bonchev–Trinajstić information content (AvgIpc) is 2.39. The molecule has 1 atom stereocenters. The van der Waals surface area contributed by atoms with E-state index in [-0.39, 0.29) is 11.9 Å². The van der Waals surface area contributed by atoms with E-state index in [1.165, 1.54) is 12.1 Å². The van der Waals surface area contributed by atoms with Gasteiger partial charge in [0.15, 0.2) is 0 Å². The summed E-state index contributed by atoms with van der Waals surface area (Å²) >= 11 is 0. The van der Waals surface area contributed by atoms with Crippen LogP contribution in [0.15, 0.2) is 24.3 Å². The van der Waals surface area contributed by atoms with Crippen molar-refractivity contribution in [2.75, 3.05) is 26.2 Å². The van der Waals surface area contributed by atoms with Gasteiger partial charge in [0.25, 0.3) is 0 Å². The predicted molar refractivity (Wildman–Crippen MR) is 72.7 cm³/mol. The highest BCUT2D eigenvalue weighted by atomic mass is 19.1. The summed E-state index contributed by atoms with van der Waals surface area (Å²) in [4.78, 5) is 2.33. The third-order valence-electron chi connectivity index (χ3n) is 3.79. The molecule has 1 saturated heterocycles. The summed E-state index contributed by atoms with van der Waals surface area (Å²) in [5.41, 5.74) is 0. The van der Waals surface area contributed by atoms with Crippen molar-refractivity contribution in [3.05, 3.63) is 30.1 Å². The van der Waals surface area contributed by atoms with Gasteiger partial charge in [0.1, 0.15) is 18.2 Å². The van der Waals surface area contributed by atoms with Crippen molar-refractivity contribution in [1.82, 2.24) is 4.90 Å². The molecule has 1 aromatic rings. The van der Waals surface area contributed by atoms with Gasteiger partial charge >= 0.3 is 0 Å². The van der Waals surface area contributed by atoms with Crippen LogP contribution < -0.4 is 4.74 Å². The van der Waals surface area contributed by atoms with Gasteiger partial charge in [0.05, 0.1) is 6.10 Å². The standard InChI is InChI=1S/C15H22FNO2/c1-12(18)13-5-7-17(8-6-13)9-10-19-15-4-2-3-14(16)11-15/h2-4,11-13,18H,5-10H2,1H3. The maximum Gasteiger partial charge on any atom is 0.126 e. The first kappa shape index (κ1) is 14.3. The Hall–Kier alpha value is -1.13. The summed E-state index contributed by atoms with van der Waals surface area (Å²) in [5, 5.41) is 9.54. The lowest BCUT2D eigenvalue weighted by molar-refractivity contribution is 0.0672. The quantitative estimate of drug-likeness (QED) is 0.888. The Kier molecular flexibility index (Phi) is 5.16. The van der Waals surface area contributed by atoms with Crippen molar-refractivity contribution < 1.29 is 14.2 Å². The molecule has 1 aliphatic rings. The molecule has 106 valence electrons. The van der Waals surface area contributed by atoms with E-state index in [4.69, 9.17) is 4.74 Å². The lowest BCUT2D eigenvalue weighted by atomic mass is 9.92. The van der Waals surface area contributed by atoms with Crippen molar-refractivity contribution in [2.24, 2.45) is 5.92 Å².